The van der Waals surface area contributed by atoms with Gasteiger partial charge in [0.2, 0.25) is 0 Å². The molecule has 0 spiro atoms. The van der Waals surface area contributed by atoms with Gasteiger partial charge in [-0.1, -0.05) is 99.6 Å². The Kier molecular flexibility index (Phi) is 17.8. The summed E-state index contributed by atoms with van der Waals surface area (Å²) in [6, 6.07) is 28.9. The third kappa shape index (κ3) is 11.6. The van der Waals surface area contributed by atoms with Gasteiger partial charge >= 0.3 is 0 Å². The molecule has 0 N–H and O–H groups in total. The lowest BCUT2D eigenvalue weighted by Gasteiger charge is -2.44. The summed E-state index contributed by atoms with van der Waals surface area (Å²) in [5.41, 5.74) is 1.01. The average molecular weight is 711 g/mol. The van der Waals surface area contributed by atoms with Crippen LogP contribution in [0.4, 0.5) is 0 Å². The summed E-state index contributed by atoms with van der Waals surface area (Å²) in [4.78, 5) is 0. The Morgan fingerprint density at radius 3 is 1.68 bits per heavy atom. The molecule has 0 aliphatic carbocycles. The Labute approximate surface area is 300 Å². The second kappa shape index (κ2) is 21.5. The van der Waals surface area contributed by atoms with Crippen LogP contribution in [-0.2, 0) is 44.2 Å². The highest BCUT2D eigenvalue weighted by Gasteiger charge is 2.50. The van der Waals surface area contributed by atoms with Gasteiger partial charge in [0, 0.05) is 41.3 Å². The predicted octanol–water partition coefficient (Wildman–Crippen LogP) is 6.13. The Balaban J connectivity index is 1.96. The normalized spacial score (nSPS) is 15.2. The van der Waals surface area contributed by atoms with Gasteiger partial charge in [0.25, 0.3) is 8.32 Å². The molecule has 5 atom stereocenters. The van der Waals surface area contributed by atoms with Crippen LogP contribution in [0.25, 0.3) is 0 Å². The van der Waals surface area contributed by atoms with E-state index in [9.17, 15) is 0 Å². The molecule has 0 aromatic heterocycles. The smallest absolute Gasteiger partial charge is 0.261 e. The highest BCUT2D eigenvalue weighted by Crippen LogP contribution is 2.37. The minimum absolute atomic E-state index is 0.0795. The first-order chi connectivity index (χ1) is 24.2. The maximum Gasteiger partial charge on any atom is 0.261 e. The van der Waals surface area contributed by atoms with Gasteiger partial charge in [0.15, 0.2) is 0 Å². The molecule has 0 saturated heterocycles. The van der Waals surface area contributed by atoms with Crippen molar-refractivity contribution in [2.75, 3.05) is 55.7 Å². The van der Waals surface area contributed by atoms with Gasteiger partial charge in [-0.3, -0.25) is 0 Å². The van der Waals surface area contributed by atoms with Gasteiger partial charge in [-0.25, -0.2) is 0 Å². The fourth-order valence-corrected chi connectivity index (χ4v) is 10.9. The van der Waals surface area contributed by atoms with Crippen LogP contribution in [0.3, 0.4) is 0 Å². The summed E-state index contributed by atoms with van der Waals surface area (Å²) in [6.07, 6.45) is 0.739. The largest absolute Gasteiger partial charge is 0.497 e. The maximum absolute atomic E-state index is 7.30. The highest BCUT2D eigenvalue weighted by atomic mass is 28.4. The molecule has 50 heavy (non-hydrogen) atoms. The second-order valence-electron chi connectivity index (χ2n) is 13.2. The van der Waals surface area contributed by atoms with Crippen molar-refractivity contribution in [3.8, 4) is 5.75 Å². The van der Waals surface area contributed by atoms with Crippen molar-refractivity contribution >= 4 is 18.7 Å². The van der Waals surface area contributed by atoms with E-state index in [-0.39, 0.29) is 37.4 Å². The van der Waals surface area contributed by atoms with E-state index in [1.165, 1.54) is 10.4 Å². The van der Waals surface area contributed by atoms with Crippen molar-refractivity contribution in [2.24, 2.45) is 0 Å². The minimum Gasteiger partial charge on any atom is -0.497 e. The number of rotatable bonds is 24. The Morgan fingerprint density at radius 1 is 0.660 bits per heavy atom. The van der Waals surface area contributed by atoms with E-state index in [4.69, 9.17) is 42.3 Å². The zero-order chi connectivity index (χ0) is 36.4. The molecule has 0 fully saturated rings. The van der Waals surface area contributed by atoms with Crippen molar-refractivity contribution in [1.29, 1.82) is 0 Å². The van der Waals surface area contributed by atoms with Crippen molar-refractivity contribution in [2.45, 2.75) is 75.8 Å². The van der Waals surface area contributed by atoms with Gasteiger partial charge in [-0.15, -0.1) is 6.58 Å². The molecular weight excluding hydrogens is 653 g/mol. The predicted molar refractivity (Wildman–Crippen MR) is 200 cm³/mol. The summed E-state index contributed by atoms with van der Waals surface area (Å²) in [6.45, 7) is 11.6. The van der Waals surface area contributed by atoms with Gasteiger partial charge in [-0.05, 0) is 33.1 Å². The van der Waals surface area contributed by atoms with E-state index < -0.39 is 26.6 Å². The molecule has 0 unspecified atom stereocenters. The van der Waals surface area contributed by atoms with Crippen LogP contribution >= 0.6 is 0 Å². The molecule has 0 aliphatic heterocycles. The lowest BCUT2D eigenvalue weighted by atomic mass is 9.99. The molecule has 0 heterocycles. The molecule has 3 aromatic rings. The summed E-state index contributed by atoms with van der Waals surface area (Å²) in [5, 5.41) is 2.17. The fourth-order valence-electron chi connectivity index (χ4n) is 6.31. The highest BCUT2D eigenvalue weighted by molar-refractivity contribution is 6.99. The zero-order valence-corrected chi connectivity index (χ0v) is 32.2. The molecule has 0 bridgehead atoms. The van der Waals surface area contributed by atoms with E-state index in [1.807, 2.05) is 36.4 Å². The Hall–Kier alpha value is -2.90. The van der Waals surface area contributed by atoms with Gasteiger partial charge < -0.3 is 42.3 Å². The number of hydrogen-bond acceptors (Lipinski definition) is 9. The number of ether oxygens (including phenoxy) is 8. The molecule has 0 amide bonds. The summed E-state index contributed by atoms with van der Waals surface area (Å²) in [7, 11) is 5.34. The summed E-state index contributed by atoms with van der Waals surface area (Å²) < 4.78 is 54.2. The van der Waals surface area contributed by atoms with E-state index >= 15 is 0 Å². The van der Waals surface area contributed by atoms with Gasteiger partial charge in [-0.2, -0.15) is 0 Å². The molecule has 3 rings (SSSR count). The topological polar surface area (TPSA) is 83.1 Å². The summed E-state index contributed by atoms with van der Waals surface area (Å²) in [5.74, 6) is 0.785. The van der Waals surface area contributed by atoms with Gasteiger partial charge in [0.05, 0.1) is 38.6 Å². The molecule has 0 aliphatic rings. The first kappa shape index (κ1) is 41.5. The van der Waals surface area contributed by atoms with E-state index in [0.717, 1.165) is 11.3 Å². The third-order valence-corrected chi connectivity index (χ3v) is 13.9. The Bertz CT molecular complexity index is 1290. The first-order valence-corrected chi connectivity index (χ1v) is 19.0. The lowest BCUT2D eigenvalue weighted by Crippen LogP contribution is -2.67. The summed E-state index contributed by atoms with van der Waals surface area (Å²) >= 11 is 0. The molecule has 3 aromatic carbocycles. The molecule has 276 valence electrons. The molecule has 10 heteroatoms. The second-order valence-corrected chi connectivity index (χ2v) is 17.5. The van der Waals surface area contributed by atoms with Crippen molar-refractivity contribution in [3.63, 3.8) is 0 Å². The molecule has 0 saturated carbocycles. The van der Waals surface area contributed by atoms with E-state index in [1.54, 1.807) is 41.6 Å². The number of benzene rings is 3. The molecular formula is C40H58O9Si. The lowest BCUT2D eigenvalue weighted by molar-refractivity contribution is -0.149. The van der Waals surface area contributed by atoms with E-state index in [2.05, 4.69) is 75.9 Å². The fraction of sp³-hybridized carbons (Fsp3) is 0.500. The van der Waals surface area contributed by atoms with Crippen LogP contribution in [0.15, 0.2) is 97.6 Å². The number of hydrogen-bond donors (Lipinski definition) is 0. The van der Waals surface area contributed by atoms with Crippen LogP contribution in [0.5, 0.6) is 5.75 Å². The maximum atomic E-state index is 7.30. The first-order valence-electron chi connectivity index (χ1n) is 17.1. The number of methoxy groups -OCH3 is 5. The van der Waals surface area contributed by atoms with Crippen LogP contribution in [-0.4, -0.2) is 94.6 Å². The van der Waals surface area contributed by atoms with E-state index in [0.29, 0.717) is 19.4 Å². The van der Waals surface area contributed by atoms with Crippen molar-refractivity contribution < 1.29 is 42.3 Å². The average Bonchev–Trinajstić information content (AvgIpc) is 3.14. The van der Waals surface area contributed by atoms with Crippen LogP contribution in [0.2, 0.25) is 5.04 Å². The zero-order valence-electron chi connectivity index (χ0n) is 31.2. The minimum atomic E-state index is -2.86. The quantitative estimate of drug-likeness (QED) is 0.0620. The van der Waals surface area contributed by atoms with Crippen molar-refractivity contribution in [1.82, 2.24) is 0 Å². The Morgan fingerprint density at radius 2 is 1.20 bits per heavy atom. The van der Waals surface area contributed by atoms with Crippen molar-refractivity contribution in [3.05, 3.63) is 103 Å². The molecule has 9 nitrogen and oxygen atoms in total. The van der Waals surface area contributed by atoms with Crippen LogP contribution < -0.4 is 15.1 Å². The third-order valence-electron chi connectivity index (χ3n) is 8.91. The monoisotopic (exact) mass is 710 g/mol. The van der Waals surface area contributed by atoms with Crippen LogP contribution in [0.1, 0.15) is 39.2 Å². The molecule has 0 radical (unpaired) electrons. The SMILES string of the molecule is C=C[C@@H](OCOC)[C@@H](C[C@@H](C[C@@H](OC)[C@H](CO[Si](c1ccccc1)(c1ccccc1)C(C)(C)C)OCOC)OCc1ccc(OC)cc1)OC. The standard InChI is InChI=1S/C40H58O9Si/c1-10-36(47-29-41-5)37(44-8)25-33(46-27-31-21-23-32(43-7)24-22-31)26-38(45-9)39(48-30-42-6)28-49-50(40(2,3)4,34-17-13-11-14-18-34)35-19-15-12-16-20-35/h10-24,33,36-39H,1,25-30H2,2-9H3/t33-,36+,37+,38+,39-/m0/s1. The van der Waals surface area contributed by atoms with Crippen LogP contribution in [0, 0.1) is 0 Å². The van der Waals surface area contributed by atoms with Gasteiger partial charge in [0.1, 0.15) is 31.5 Å².